The van der Waals surface area contributed by atoms with Crippen LogP contribution < -0.4 is 10.6 Å². The number of nitrogens with two attached hydrogens (primary N) is 1. The molecule has 0 saturated heterocycles. The number of thioether (sulfide) groups is 1. The zero-order valence-corrected chi connectivity index (χ0v) is 13.3. The predicted octanol–water partition coefficient (Wildman–Crippen LogP) is 4.33. The number of nitrogen functional groups attached to an aromatic ring is 1. The maximum atomic E-state index is 12.7. The quantitative estimate of drug-likeness (QED) is 0.787. The van der Waals surface area contributed by atoms with Crippen molar-refractivity contribution in [3.05, 3.63) is 52.0 Å². The third kappa shape index (κ3) is 2.84. The topological polar surface area (TPSA) is 46.3 Å². The Labute approximate surface area is 137 Å². The number of halogens is 2. The molecule has 0 fully saturated rings. The van der Waals surface area contributed by atoms with E-state index >= 15 is 0 Å². The minimum atomic E-state index is -0.0966. The van der Waals surface area contributed by atoms with Crippen LogP contribution in [0.3, 0.4) is 0 Å². The summed E-state index contributed by atoms with van der Waals surface area (Å²) in [5.41, 5.74) is 7.85. The summed E-state index contributed by atoms with van der Waals surface area (Å²) in [6.45, 7) is 0.639. The SMILES string of the molecule is Nc1ccc2c(c1)N(C(=O)c1ccc(Cl)c(Cl)c1)CCS2. The molecule has 0 bridgehead atoms. The molecule has 6 heteroatoms. The van der Waals surface area contributed by atoms with Gasteiger partial charge in [-0.05, 0) is 36.4 Å². The lowest BCUT2D eigenvalue weighted by atomic mass is 10.1. The van der Waals surface area contributed by atoms with E-state index in [1.165, 1.54) is 0 Å². The first-order valence-corrected chi connectivity index (χ1v) is 8.09. The molecule has 0 atom stereocenters. The van der Waals surface area contributed by atoms with Crippen LogP contribution in [0.15, 0.2) is 41.3 Å². The van der Waals surface area contributed by atoms with Crippen molar-refractivity contribution in [2.24, 2.45) is 0 Å². The van der Waals surface area contributed by atoms with Crippen molar-refractivity contribution in [1.29, 1.82) is 0 Å². The number of benzene rings is 2. The second-order valence-electron chi connectivity index (χ2n) is 4.66. The van der Waals surface area contributed by atoms with Crippen LogP contribution in [-0.2, 0) is 0 Å². The lowest BCUT2D eigenvalue weighted by Crippen LogP contribution is -2.35. The highest BCUT2D eigenvalue weighted by Gasteiger charge is 2.24. The number of hydrogen-bond acceptors (Lipinski definition) is 3. The summed E-state index contributed by atoms with van der Waals surface area (Å²) in [6, 6.07) is 10.5. The van der Waals surface area contributed by atoms with Gasteiger partial charge in [-0.15, -0.1) is 11.8 Å². The normalized spacial score (nSPS) is 13.9. The molecule has 0 unspecified atom stereocenters. The molecule has 108 valence electrons. The van der Waals surface area contributed by atoms with Crippen LogP contribution in [-0.4, -0.2) is 18.2 Å². The van der Waals surface area contributed by atoms with E-state index in [1.807, 2.05) is 18.2 Å². The number of hydrogen-bond donors (Lipinski definition) is 1. The van der Waals surface area contributed by atoms with E-state index in [9.17, 15) is 4.79 Å². The van der Waals surface area contributed by atoms with Crippen LogP contribution in [0.5, 0.6) is 0 Å². The smallest absolute Gasteiger partial charge is 0.258 e. The van der Waals surface area contributed by atoms with Crippen LogP contribution in [0.2, 0.25) is 10.0 Å². The Morgan fingerprint density at radius 3 is 2.71 bits per heavy atom. The second kappa shape index (κ2) is 5.79. The molecular weight excluding hydrogens is 327 g/mol. The average molecular weight is 339 g/mol. The summed E-state index contributed by atoms with van der Waals surface area (Å²) in [5.74, 6) is 0.755. The third-order valence-corrected chi connectivity index (χ3v) is 5.04. The van der Waals surface area contributed by atoms with Gasteiger partial charge in [-0.25, -0.2) is 0 Å². The van der Waals surface area contributed by atoms with Crippen molar-refractivity contribution >= 4 is 52.2 Å². The Morgan fingerprint density at radius 2 is 1.95 bits per heavy atom. The highest BCUT2D eigenvalue weighted by molar-refractivity contribution is 7.99. The van der Waals surface area contributed by atoms with Crippen LogP contribution in [0.25, 0.3) is 0 Å². The van der Waals surface area contributed by atoms with Gasteiger partial charge in [-0.2, -0.15) is 0 Å². The second-order valence-corrected chi connectivity index (χ2v) is 6.61. The minimum absolute atomic E-state index is 0.0966. The molecule has 3 nitrogen and oxygen atoms in total. The van der Waals surface area contributed by atoms with Crippen molar-refractivity contribution in [1.82, 2.24) is 0 Å². The molecule has 3 rings (SSSR count). The molecule has 21 heavy (non-hydrogen) atoms. The predicted molar refractivity (Wildman–Crippen MR) is 89.7 cm³/mol. The van der Waals surface area contributed by atoms with Crippen molar-refractivity contribution in [2.75, 3.05) is 22.9 Å². The lowest BCUT2D eigenvalue weighted by molar-refractivity contribution is 0.0987. The van der Waals surface area contributed by atoms with Gasteiger partial charge in [0, 0.05) is 28.4 Å². The van der Waals surface area contributed by atoms with E-state index in [0.29, 0.717) is 27.8 Å². The maximum Gasteiger partial charge on any atom is 0.258 e. The molecule has 2 aromatic rings. The number of fused-ring (bicyclic) bond motifs is 1. The molecule has 1 heterocycles. The molecule has 1 aliphatic heterocycles. The highest BCUT2D eigenvalue weighted by atomic mass is 35.5. The number of carbonyl (C=O) groups excluding carboxylic acids is 1. The highest BCUT2D eigenvalue weighted by Crippen LogP contribution is 2.37. The molecule has 0 aliphatic carbocycles. The van der Waals surface area contributed by atoms with Gasteiger partial charge in [-0.3, -0.25) is 4.79 Å². The van der Waals surface area contributed by atoms with Crippen LogP contribution in [0.4, 0.5) is 11.4 Å². The largest absolute Gasteiger partial charge is 0.399 e. The first-order chi connectivity index (χ1) is 10.1. The Morgan fingerprint density at radius 1 is 1.14 bits per heavy atom. The van der Waals surface area contributed by atoms with Crippen LogP contribution in [0.1, 0.15) is 10.4 Å². The summed E-state index contributed by atoms with van der Waals surface area (Å²) in [7, 11) is 0. The molecule has 1 amide bonds. The summed E-state index contributed by atoms with van der Waals surface area (Å²) < 4.78 is 0. The van der Waals surface area contributed by atoms with Gasteiger partial charge in [0.25, 0.3) is 5.91 Å². The molecule has 2 N–H and O–H groups in total. The summed E-state index contributed by atoms with van der Waals surface area (Å²) in [5, 5.41) is 0.814. The first kappa shape index (κ1) is 14.6. The standard InChI is InChI=1S/C15H12Cl2N2OS/c16-11-3-1-9(7-12(11)17)15(20)19-5-6-21-14-4-2-10(18)8-13(14)19/h1-4,7-8H,5-6,18H2. The van der Waals surface area contributed by atoms with E-state index in [1.54, 1.807) is 34.9 Å². The molecular formula is C15H12Cl2N2OS. The molecule has 2 aromatic carbocycles. The monoisotopic (exact) mass is 338 g/mol. The van der Waals surface area contributed by atoms with E-state index in [-0.39, 0.29) is 5.91 Å². The molecule has 1 aliphatic rings. The summed E-state index contributed by atoms with van der Waals surface area (Å²) in [6.07, 6.45) is 0. The number of rotatable bonds is 1. The van der Waals surface area contributed by atoms with Crippen molar-refractivity contribution in [3.8, 4) is 0 Å². The van der Waals surface area contributed by atoms with Crippen LogP contribution in [0, 0.1) is 0 Å². The van der Waals surface area contributed by atoms with Crippen molar-refractivity contribution < 1.29 is 4.79 Å². The Kier molecular flexibility index (Phi) is 4.02. The summed E-state index contributed by atoms with van der Waals surface area (Å²) in [4.78, 5) is 15.5. The van der Waals surface area contributed by atoms with Gasteiger partial charge in [0.15, 0.2) is 0 Å². The molecule has 0 saturated carbocycles. The van der Waals surface area contributed by atoms with Gasteiger partial charge < -0.3 is 10.6 Å². The number of nitrogens with zero attached hydrogens (tertiary/aromatic N) is 1. The lowest BCUT2D eigenvalue weighted by Gasteiger charge is -2.29. The third-order valence-electron chi connectivity index (χ3n) is 3.26. The van der Waals surface area contributed by atoms with Gasteiger partial charge in [0.2, 0.25) is 0 Å². The minimum Gasteiger partial charge on any atom is -0.399 e. The zero-order chi connectivity index (χ0) is 15.0. The van der Waals surface area contributed by atoms with Gasteiger partial charge in [0.1, 0.15) is 0 Å². The Balaban J connectivity index is 1.99. The molecule has 0 aromatic heterocycles. The average Bonchev–Trinajstić information content (AvgIpc) is 2.48. The summed E-state index contributed by atoms with van der Waals surface area (Å²) >= 11 is 13.6. The fourth-order valence-electron chi connectivity index (χ4n) is 2.23. The Hall–Kier alpha value is -1.36. The maximum absolute atomic E-state index is 12.7. The number of carbonyl (C=O) groups is 1. The van der Waals surface area contributed by atoms with E-state index < -0.39 is 0 Å². The number of anilines is 2. The molecule has 0 radical (unpaired) electrons. The zero-order valence-electron chi connectivity index (χ0n) is 11.0. The van der Waals surface area contributed by atoms with E-state index in [4.69, 9.17) is 28.9 Å². The fourth-order valence-corrected chi connectivity index (χ4v) is 3.50. The Bertz CT molecular complexity index is 721. The molecule has 0 spiro atoms. The fraction of sp³-hybridized carbons (Fsp3) is 0.133. The van der Waals surface area contributed by atoms with Crippen molar-refractivity contribution in [2.45, 2.75) is 4.90 Å². The van der Waals surface area contributed by atoms with Crippen molar-refractivity contribution in [3.63, 3.8) is 0 Å². The first-order valence-electron chi connectivity index (χ1n) is 6.35. The number of amides is 1. The van der Waals surface area contributed by atoms with E-state index in [2.05, 4.69) is 0 Å². The van der Waals surface area contributed by atoms with Gasteiger partial charge in [0.05, 0.1) is 15.7 Å². The van der Waals surface area contributed by atoms with E-state index in [0.717, 1.165) is 16.3 Å². The van der Waals surface area contributed by atoms with Gasteiger partial charge in [-0.1, -0.05) is 23.2 Å². The van der Waals surface area contributed by atoms with Crippen LogP contribution >= 0.6 is 35.0 Å². The van der Waals surface area contributed by atoms with Gasteiger partial charge >= 0.3 is 0 Å².